The van der Waals surface area contributed by atoms with Crippen molar-refractivity contribution in [1.29, 1.82) is 0 Å². The molecule has 0 unspecified atom stereocenters. The van der Waals surface area contributed by atoms with Crippen LogP contribution in [0.25, 0.3) is 5.57 Å². The number of allylic oxidation sites excluding steroid dienone is 1. The zero-order valence-electron chi connectivity index (χ0n) is 21.6. The van der Waals surface area contributed by atoms with Crippen molar-refractivity contribution < 1.29 is 19.1 Å². The van der Waals surface area contributed by atoms with E-state index < -0.39 is 12.0 Å². The first-order valence-electron chi connectivity index (χ1n) is 12.2. The number of esters is 1. The van der Waals surface area contributed by atoms with E-state index in [0.29, 0.717) is 42.0 Å². The summed E-state index contributed by atoms with van der Waals surface area (Å²) in [6.45, 7) is 7.52. The Hall–Kier alpha value is -3.50. The largest absolute Gasteiger partial charge is 0.496 e. The molecule has 10 heteroatoms. The molecule has 38 heavy (non-hydrogen) atoms. The number of benzene rings is 2. The number of thiazole rings is 1. The van der Waals surface area contributed by atoms with E-state index in [1.807, 2.05) is 50.2 Å². The van der Waals surface area contributed by atoms with E-state index in [2.05, 4.69) is 20.9 Å². The van der Waals surface area contributed by atoms with Gasteiger partial charge in [0.15, 0.2) is 4.80 Å². The summed E-state index contributed by atoms with van der Waals surface area (Å²) < 4.78 is 13.2. The van der Waals surface area contributed by atoms with Crippen LogP contribution in [0.5, 0.6) is 5.75 Å². The predicted molar refractivity (Wildman–Crippen MR) is 149 cm³/mol. The molecule has 0 radical (unpaired) electrons. The molecular formula is C28H26BrN3O5S. The molecule has 0 saturated heterocycles. The molecule has 0 fully saturated rings. The number of nitrogens with zero attached hydrogens (tertiary/aromatic N) is 3. The Labute approximate surface area is 231 Å². The summed E-state index contributed by atoms with van der Waals surface area (Å²) in [6, 6.07) is 12.0. The lowest BCUT2D eigenvalue weighted by atomic mass is 9.96. The van der Waals surface area contributed by atoms with Gasteiger partial charge in [0.25, 0.3) is 11.5 Å². The molecule has 1 atom stereocenters. The third kappa shape index (κ3) is 4.03. The Morgan fingerprint density at radius 2 is 1.92 bits per heavy atom. The van der Waals surface area contributed by atoms with Gasteiger partial charge in [-0.25, -0.2) is 9.79 Å². The number of hydrogen-bond acceptors (Lipinski definition) is 7. The van der Waals surface area contributed by atoms with E-state index in [1.165, 1.54) is 4.57 Å². The second-order valence-electron chi connectivity index (χ2n) is 9.18. The number of methoxy groups -OCH3 is 1. The zero-order chi connectivity index (χ0) is 27.3. The van der Waals surface area contributed by atoms with Gasteiger partial charge < -0.3 is 14.4 Å². The minimum atomic E-state index is -0.796. The van der Waals surface area contributed by atoms with Crippen molar-refractivity contribution in [2.24, 2.45) is 4.99 Å². The average Bonchev–Trinajstić information content (AvgIpc) is 3.35. The average molecular weight is 597 g/mol. The maximum Gasteiger partial charge on any atom is 0.338 e. The minimum absolute atomic E-state index is 0.0908. The second kappa shape index (κ2) is 9.99. The summed E-state index contributed by atoms with van der Waals surface area (Å²) in [5, 5.41) is 0. The van der Waals surface area contributed by atoms with Crippen molar-refractivity contribution in [3.8, 4) is 5.75 Å². The summed E-state index contributed by atoms with van der Waals surface area (Å²) >= 11 is 4.68. The number of para-hydroxylation sites is 1. The molecule has 0 bridgehead atoms. The topological polar surface area (TPSA) is 90.2 Å². The summed E-state index contributed by atoms with van der Waals surface area (Å²) in [7, 11) is 1.56. The third-order valence-corrected chi connectivity index (χ3v) is 8.27. The van der Waals surface area contributed by atoms with Gasteiger partial charge in [0.05, 0.1) is 46.8 Å². The van der Waals surface area contributed by atoms with Gasteiger partial charge in [0.1, 0.15) is 10.3 Å². The number of carbonyl (C=O) groups is 2. The van der Waals surface area contributed by atoms with Crippen LogP contribution < -0.4 is 24.5 Å². The molecule has 1 aromatic heterocycles. The fraction of sp³-hybridized carbons (Fsp3) is 0.286. The highest BCUT2D eigenvalue weighted by Gasteiger charge is 2.38. The van der Waals surface area contributed by atoms with Crippen molar-refractivity contribution in [2.75, 3.05) is 18.6 Å². The Morgan fingerprint density at radius 1 is 1.18 bits per heavy atom. The van der Waals surface area contributed by atoms with E-state index in [9.17, 15) is 14.4 Å². The van der Waals surface area contributed by atoms with Gasteiger partial charge in [-0.1, -0.05) is 35.6 Å². The smallest absolute Gasteiger partial charge is 0.338 e. The molecule has 0 N–H and O–H groups in total. The van der Waals surface area contributed by atoms with Gasteiger partial charge in [-0.2, -0.15) is 0 Å². The Bertz CT molecular complexity index is 1700. The number of fused-ring (bicyclic) bond motifs is 2. The highest BCUT2D eigenvalue weighted by molar-refractivity contribution is 9.10. The van der Waals surface area contributed by atoms with Gasteiger partial charge in [0.2, 0.25) is 0 Å². The first-order valence-corrected chi connectivity index (χ1v) is 13.8. The lowest BCUT2D eigenvalue weighted by Gasteiger charge is -2.25. The van der Waals surface area contributed by atoms with E-state index in [0.717, 1.165) is 17.0 Å². The zero-order valence-corrected chi connectivity index (χ0v) is 24.0. The standard InChI is InChI=1S/C28H26BrN3O5S/c1-6-37-27(35)21-15(4)30-28-32(23(21)16-11-12-20(36-5)18(29)13-16)26(34)24(38-28)22-17-9-7-8-10-19(17)31(14(2)3)25(22)33/h7-14,23H,6H2,1-5H3/b24-22+/t23-/m0/s1. The molecule has 8 nitrogen and oxygen atoms in total. The van der Waals surface area contributed by atoms with Crippen molar-refractivity contribution in [1.82, 2.24) is 4.57 Å². The highest BCUT2D eigenvalue weighted by Crippen LogP contribution is 2.37. The SMILES string of the molecule is CCOC(=O)C1=C(C)N=c2s/c(=C3/C(=O)N(C(C)C)c4ccccc43)c(=O)n2[C@H]1c1ccc(OC)c(Br)c1. The molecule has 5 rings (SSSR count). The minimum Gasteiger partial charge on any atom is -0.496 e. The van der Waals surface area contributed by atoms with Gasteiger partial charge in [-0.15, -0.1) is 0 Å². The molecule has 2 aliphatic rings. The predicted octanol–water partition coefficient (Wildman–Crippen LogP) is 3.69. The van der Waals surface area contributed by atoms with Crippen LogP contribution in [0.15, 0.2) is 68.0 Å². The molecule has 0 spiro atoms. The third-order valence-electron chi connectivity index (χ3n) is 6.59. The van der Waals surface area contributed by atoms with Crippen molar-refractivity contribution in [2.45, 2.75) is 39.8 Å². The number of ether oxygens (including phenoxy) is 2. The van der Waals surface area contributed by atoms with E-state index >= 15 is 0 Å². The normalized spacial score (nSPS) is 17.9. The van der Waals surface area contributed by atoms with Crippen LogP contribution in [-0.2, 0) is 14.3 Å². The molecule has 3 aromatic rings. The molecule has 1 amide bonds. The van der Waals surface area contributed by atoms with Gasteiger partial charge in [-0.3, -0.25) is 14.2 Å². The van der Waals surface area contributed by atoms with Crippen LogP contribution in [0, 0.1) is 0 Å². The quantitative estimate of drug-likeness (QED) is 0.420. The summed E-state index contributed by atoms with van der Waals surface area (Å²) in [5.41, 5.74) is 2.86. The molecule has 0 saturated carbocycles. The van der Waals surface area contributed by atoms with Crippen LogP contribution >= 0.6 is 27.3 Å². The maximum absolute atomic E-state index is 14.2. The van der Waals surface area contributed by atoms with Gasteiger partial charge >= 0.3 is 5.97 Å². The van der Waals surface area contributed by atoms with Crippen LogP contribution in [-0.4, -0.2) is 36.2 Å². The summed E-state index contributed by atoms with van der Waals surface area (Å²) in [4.78, 5) is 47.8. The highest BCUT2D eigenvalue weighted by atomic mass is 79.9. The molecule has 0 aliphatic carbocycles. The fourth-order valence-corrected chi connectivity index (χ4v) is 6.68. The van der Waals surface area contributed by atoms with E-state index in [1.54, 1.807) is 31.9 Å². The lowest BCUT2D eigenvalue weighted by Crippen LogP contribution is -2.41. The van der Waals surface area contributed by atoms with Crippen molar-refractivity contribution >= 4 is 50.4 Å². The molecule has 2 aliphatic heterocycles. The molecule has 3 heterocycles. The number of amides is 1. The number of carbonyl (C=O) groups excluding carboxylic acids is 2. The molecule has 196 valence electrons. The molecular weight excluding hydrogens is 570 g/mol. The summed E-state index contributed by atoms with van der Waals surface area (Å²) in [5.74, 6) is -0.155. The number of hydrogen-bond donors (Lipinski definition) is 0. The Kier molecular flexibility index (Phi) is 6.87. The van der Waals surface area contributed by atoms with Crippen LogP contribution in [0.3, 0.4) is 0 Å². The van der Waals surface area contributed by atoms with E-state index in [-0.39, 0.29) is 29.7 Å². The van der Waals surface area contributed by atoms with Crippen LogP contribution in [0.4, 0.5) is 5.69 Å². The van der Waals surface area contributed by atoms with Gasteiger partial charge in [-0.05, 0) is 67.4 Å². The van der Waals surface area contributed by atoms with Crippen molar-refractivity contribution in [3.63, 3.8) is 0 Å². The summed E-state index contributed by atoms with van der Waals surface area (Å²) in [6.07, 6.45) is 0. The Balaban J connectivity index is 1.83. The van der Waals surface area contributed by atoms with Gasteiger partial charge in [0, 0.05) is 11.6 Å². The molecule has 2 aromatic carbocycles. The second-order valence-corrected chi connectivity index (χ2v) is 11.0. The van der Waals surface area contributed by atoms with Crippen molar-refractivity contribution in [3.05, 3.63) is 89.0 Å². The lowest BCUT2D eigenvalue weighted by molar-refractivity contribution is -0.139. The monoisotopic (exact) mass is 595 g/mol. The first kappa shape index (κ1) is 26.1. The number of rotatable bonds is 5. The van der Waals surface area contributed by atoms with Crippen LogP contribution in [0.2, 0.25) is 0 Å². The fourth-order valence-electron chi connectivity index (χ4n) is 4.98. The number of anilines is 1. The maximum atomic E-state index is 14.2. The number of halogens is 1. The van der Waals surface area contributed by atoms with Crippen LogP contribution in [0.1, 0.15) is 44.9 Å². The number of aromatic nitrogens is 1. The van der Waals surface area contributed by atoms with E-state index in [4.69, 9.17) is 9.47 Å². The Morgan fingerprint density at radius 3 is 2.58 bits per heavy atom. The first-order chi connectivity index (χ1) is 18.2.